The van der Waals surface area contributed by atoms with E-state index in [1.165, 1.54) is 39.0 Å². The first-order valence-electron chi connectivity index (χ1n) is 11.6. The van der Waals surface area contributed by atoms with Crippen molar-refractivity contribution in [1.29, 1.82) is 0 Å². The van der Waals surface area contributed by atoms with Gasteiger partial charge in [-0.2, -0.15) is 0 Å². The van der Waals surface area contributed by atoms with Gasteiger partial charge in [-0.3, -0.25) is 9.13 Å². The van der Waals surface area contributed by atoms with Gasteiger partial charge < -0.3 is 4.90 Å². The molecule has 0 saturated heterocycles. The van der Waals surface area contributed by atoms with E-state index in [1.54, 1.807) is 0 Å². The summed E-state index contributed by atoms with van der Waals surface area (Å²) < 4.78 is 23.4. The molecular formula is C28H33N2O2P2+. The largest absolute Gasteiger partial charge is 0.373 e. The Morgan fingerprint density at radius 2 is 1.44 bits per heavy atom. The van der Waals surface area contributed by atoms with Crippen molar-refractivity contribution < 1.29 is 13.7 Å². The minimum atomic E-state index is 0.184. The molecule has 1 aliphatic heterocycles. The molecule has 1 aliphatic rings. The molecule has 0 radical (unpaired) electrons. The molecule has 6 heteroatoms. The van der Waals surface area contributed by atoms with Gasteiger partial charge in [-0.1, -0.05) is 30.4 Å². The lowest BCUT2D eigenvalue weighted by molar-refractivity contribution is -0.692. The topological polar surface area (TPSA) is 41.3 Å². The molecule has 0 amide bonds. The van der Waals surface area contributed by atoms with Crippen LogP contribution in [0.4, 0.5) is 0 Å². The quantitative estimate of drug-likeness (QED) is 0.273. The number of hydrogen-bond donors (Lipinski definition) is 0. The molecule has 2 heterocycles. The maximum Gasteiger partial charge on any atom is 0.169 e. The smallest absolute Gasteiger partial charge is 0.169 e. The fourth-order valence-electron chi connectivity index (χ4n) is 4.12. The van der Waals surface area contributed by atoms with Crippen LogP contribution < -0.4 is 4.57 Å². The molecule has 2 aromatic rings. The predicted octanol–water partition coefficient (Wildman–Crippen LogP) is 6.73. The Morgan fingerprint density at radius 3 is 1.97 bits per heavy atom. The molecule has 0 atom stereocenters. The summed E-state index contributed by atoms with van der Waals surface area (Å²) >= 11 is 0. The highest BCUT2D eigenvalue weighted by atomic mass is 31.1. The monoisotopic (exact) mass is 491 g/mol. The Kier molecular flexibility index (Phi) is 9.69. The van der Waals surface area contributed by atoms with Crippen LogP contribution in [-0.4, -0.2) is 30.3 Å². The molecule has 0 aliphatic carbocycles. The van der Waals surface area contributed by atoms with Crippen molar-refractivity contribution in [2.24, 2.45) is 0 Å². The molecule has 1 aromatic heterocycles. The number of rotatable bonds is 10. The number of hydrogen-bond acceptors (Lipinski definition) is 3. The predicted molar refractivity (Wildman–Crippen MR) is 144 cm³/mol. The fourth-order valence-corrected chi connectivity index (χ4v) is 4.77. The normalized spacial score (nSPS) is 14.1. The van der Waals surface area contributed by atoms with E-state index >= 15 is 0 Å². The highest BCUT2D eigenvalue weighted by molar-refractivity contribution is 7.23. The number of aryl methyl sites for hydroxylation is 1. The third kappa shape index (κ3) is 6.69. The highest BCUT2D eigenvalue weighted by Gasteiger charge is 2.12. The first-order valence-corrected chi connectivity index (χ1v) is 13.6. The van der Waals surface area contributed by atoms with Crippen LogP contribution in [0.25, 0.3) is 18.2 Å². The van der Waals surface area contributed by atoms with Crippen LogP contribution in [-0.2, 0) is 15.7 Å². The Bertz CT molecular complexity index is 1130. The van der Waals surface area contributed by atoms with Crippen LogP contribution in [0.1, 0.15) is 38.9 Å². The number of pyridine rings is 1. The van der Waals surface area contributed by atoms with Gasteiger partial charge in [-0.25, -0.2) is 4.57 Å². The van der Waals surface area contributed by atoms with Crippen LogP contribution in [0.3, 0.4) is 0 Å². The van der Waals surface area contributed by atoms with E-state index in [9.17, 15) is 9.13 Å². The van der Waals surface area contributed by atoms with Crippen molar-refractivity contribution in [2.75, 3.05) is 25.4 Å². The second-order valence-corrected chi connectivity index (χ2v) is 9.99. The lowest BCUT2D eigenvalue weighted by Gasteiger charge is -2.20. The summed E-state index contributed by atoms with van der Waals surface area (Å²) in [6.45, 7) is 11.2. The van der Waals surface area contributed by atoms with E-state index in [0.29, 0.717) is 12.3 Å². The molecular weight excluding hydrogens is 458 g/mol. The van der Waals surface area contributed by atoms with Crippen molar-refractivity contribution in [3.05, 3.63) is 93.5 Å². The molecule has 0 fully saturated rings. The summed E-state index contributed by atoms with van der Waals surface area (Å²) in [6, 6.07) is 4.18. The SMILES string of the molecule is Cc1c(C)c(/C=C/c2cc[n+](CCP=O)cc2)c(C)c(C)c1/C=C/C1=CCN(CCP=O)C=C1. The molecule has 0 N–H and O–H groups in total. The van der Waals surface area contributed by atoms with Gasteiger partial charge in [0, 0.05) is 31.4 Å². The Hall–Kier alpha value is -2.67. The zero-order valence-corrected chi connectivity index (χ0v) is 22.3. The maximum absolute atomic E-state index is 10.7. The van der Waals surface area contributed by atoms with Gasteiger partial charge in [-0.15, -0.1) is 0 Å². The van der Waals surface area contributed by atoms with E-state index in [2.05, 4.69) is 92.0 Å². The molecule has 0 saturated carbocycles. The van der Waals surface area contributed by atoms with Gasteiger partial charge in [0.05, 0.1) is 6.16 Å². The summed E-state index contributed by atoms with van der Waals surface area (Å²) in [5, 5.41) is 0. The summed E-state index contributed by atoms with van der Waals surface area (Å²) in [7, 11) is 0.387. The lowest BCUT2D eigenvalue weighted by Crippen LogP contribution is -2.33. The molecule has 0 unspecified atom stereocenters. The van der Waals surface area contributed by atoms with Crippen molar-refractivity contribution in [1.82, 2.24) is 4.90 Å². The molecule has 0 bridgehead atoms. The summed E-state index contributed by atoms with van der Waals surface area (Å²) in [5.41, 5.74) is 10.1. The molecule has 176 valence electrons. The third-order valence-corrected chi connectivity index (χ3v) is 7.28. The molecule has 34 heavy (non-hydrogen) atoms. The average molecular weight is 492 g/mol. The number of aromatic nitrogens is 1. The van der Waals surface area contributed by atoms with E-state index in [4.69, 9.17) is 0 Å². The zero-order chi connectivity index (χ0) is 24.5. The standard InChI is InChI=1S/C28H33N2O2P2/c1-21-22(2)28(8-6-26-11-15-30(16-12-26)18-20-34-32)24(4)23(3)27(21)7-5-25-9-13-29(14-10-25)17-19-33-31/h5-15H,16-20H2,1-4H3/q+1/b7-5+,8-6+. The van der Waals surface area contributed by atoms with E-state index in [-0.39, 0.29) is 16.9 Å². The van der Waals surface area contributed by atoms with Crippen molar-refractivity contribution in [3.63, 3.8) is 0 Å². The summed E-state index contributed by atoms with van der Waals surface area (Å²) in [6.07, 6.45) is 20.6. The van der Waals surface area contributed by atoms with E-state index in [1.807, 2.05) is 12.4 Å². The van der Waals surface area contributed by atoms with Crippen LogP contribution in [0.15, 0.2) is 54.5 Å². The van der Waals surface area contributed by atoms with Crippen molar-refractivity contribution in [2.45, 2.75) is 34.2 Å². The van der Waals surface area contributed by atoms with E-state index in [0.717, 1.165) is 25.2 Å². The number of nitrogens with zero attached hydrogens (tertiary/aromatic N) is 2. The average Bonchev–Trinajstić information content (AvgIpc) is 2.86. The zero-order valence-electron chi connectivity index (χ0n) is 20.5. The van der Waals surface area contributed by atoms with Crippen molar-refractivity contribution >= 4 is 35.1 Å². The minimum absolute atomic E-state index is 0.184. The second-order valence-electron chi connectivity index (χ2n) is 8.58. The molecule has 0 spiro atoms. The van der Waals surface area contributed by atoms with E-state index < -0.39 is 0 Å². The maximum atomic E-state index is 10.7. The second kappa shape index (κ2) is 12.7. The Balaban J connectivity index is 1.78. The minimum Gasteiger partial charge on any atom is -0.373 e. The first kappa shape index (κ1) is 25.9. The van der Waals surface area contributed by atoms with Gasteiger partial charge >= 0.3 is 0 Å². The van der Waals surface area contributed by atoms with Gasteiger partial charge in [0.1, 0.15) is 0 Å². The number of benzene rings is 1. The highest BCUT2D eigenvalue weighted by Crippen LogP contribution is 2.29. The van der Waals surface area contributed by atoms with Gasteiger partial charge in [0.2, 0.25) is 0 Å². The van der Waals surface area contributed by atoms with Gasteiger partial charge in [-0.05, 0) is 84.5 Å². The molecule has 4 nitrogen and oxygen atoms in total. The summed E-state index contributed by atoms with van der Waals surface area (Å²) in [5.74, 6) is 0. The number of allylic oxidation sites excluding steroid dienone is 3. The Morgan fingerprint density at radius 1 is 0.853 bits per heavy atom. The summed E-state index contributed by atoms with van der Waals surface area (Å²) in [4.78, 5) is 2.17. The van der Waals surface area contributed by atoms with Crippen molar-refractivity contribution in [3.8, 4) is 0 Å². The van der Waals surface area contributed by atoms with Crippen LogP contribution >= 0.6 is 16.9 Å². The van der Waals surface area contributed by atoms with Crippen LogP contribution in [0, 0.1) is 27.7 Å². The fraction of sp³-hybridized carbons (Fsp3) is 0.321. The van der Waals surface area contributed by atoms with Crippen LogP contribution in [0.2, 0.25) is 0 Å². The van der Waals surface area contributed by atoms with Gasteiger partial charge in [0.15, 0.2) is 35.9 Å². The molecule has 3 rings (SSSR count). The lowest BCUT2D eigenvalue weighted by atomic mass is 9.88. The first-order chi connectivity index (χ1) is 16.4. The molecule has 1 aromatic carbocycles. The van der Waals surface area contributed by atoms with Gasteiger partial charge in [0.25, 0.3) is 0 Å². The third-order valence-electron chi connectivity index (χ3n) is 6.51. The Labute approximate surface area is 206 Å². The van der Waals surface area contributed by atoms with Crippen LogP contribution in [0.5, 0.6) is 0 Å².